The maximum Gasteiger partial charge on any atom is 0.217 e. The zero-order valence-corrected chi connectivity index (χ0v) is 15.6. The molecule has 0 aliphatic carbocycles. The number of rotatable bonds is 6. The van der Waals surface area contributed by atoms with Crippen LogP contribution in [-0.2, 0) is 9.53 Å². The molecule has 4 heteroatoms. The van der Waals surface area contributed by atoms with E-state index in [4.69, 9.17) is 9.73 Å². The van der Waals surface area contributed by atoms with E-state index in [1.165, 1.54) is 6.92 Å². The summed E-state index contributed by atoms with van der Waals surface area (Å²) in [7, 11) is 0. The molecule has 1 aliphatic heterocycles. The van der Waals surface area contributed by atoms with Crippen molar-refractivity contribution in [2.24, 2.45) is 10.9 Å². The Morgan fingerprint density at radius 2 is 1.65 bits per heavy atom. The van der Waals surface area contributed by atoms with Gasteiger partial charge in [0, 0.05) is 6.92 Å². The third-order valence-corrected chi connectivity index (χ3v) is 4.91. The van der Waals surface area contributed by atoms with Crippen LogP contribution in [0, 0.1) is 5.92 Å². The van der Waals surface area contributed by atoms with Gasteiger partial charge in [-0.2, -0.15) is 0 Å². The van der Waals surface area contributed by atoms with Gasteiger partial charge in [0.05, 0.1) is 0 Å². The molecule has 2 aromatic rings. The Hall–Kier alpha value is -2.62. The van der Waals surface area contributed by atoms with Gasteiger partial charge in [0.15, 0.2) is 6.10 Å². The number of hydrogen-bond donors (Lipinski definition) is 1. The highest BCUT2D eigenvalue weighted by atomic mass is 16.5. The highest BCUT2D eigenvalue weighted by Crippen LogP contribution is 2.41. The summed E-state index contributed by atoms with van der Waals surface area (Å²) in [6.07, 6.45) is 0.744. The molecule has 1 amide bonds. The Balaban J connectivity index is 1.97. The summed E-state index contributed by atoms with van der Waals surface area (Å²) in [4.78, 5) is 16.6. The lowest BCUT2D eigenvalue weighted by Gasteiger charge is -2.24. The SMILES string of the molecule is CCC(C)C(NC(C)=O)C1=N[C@@H](c2ccccc2)[C@H](c2ccccc2)O1. The highest BCUT2D eigenvalue weighted by molar-refractivity contribution is 5.88. The predicted molar refractivity (Wildman–Crippen MR) is 104 cm³/mol. The first kappa shape index (κ1) is 18.2. The van der Waals surface area contributed by atoms with Gasteiger partial charge in [0.25, 0.3) is 0 Å². The average molecular weight is 350 g/mol. The minimum Gasteiger partial charge on any atom is -0.469 e. The van der Waals surface area contributed by atoms with Crippen molar-refractivity contribution in [2.75, 3.05) is 0 Å². The molecule has 1 N–H and O–H groups in total. The number of hydrogen-bond acceptors (Lipinski definition) is 3. The maximum absolute atomic E-state index is 11.7. The molecule has 0 saturated heterocycles. The molecule has 2 unspecified atom stereocenters. The Labute approximate surface area is 155 Å². The summed E-state index contributed by atoms with van der Waals surface area (Å²) in [6.45, 7) is 5.76. The Morgan fingerprint density at radius 3 is 2.19 bits per heavy atom. The van der Waals surface area contributed by atoms with Crippen molar-refractivity contribution in [1.82, 2.24) is 5.32 Å². The molecule has 0 aromatic heterocycles. The molecule has 1 aliphatic rings. The normalized spacial score (nSPS) is 21.4. The van der Waals surface area contributed by atoms with E-state index < -0.39 is 0 Å². The molecule has 1 heterocycles. The van der Waals surface area contributed by atoms with Gasteiger partial charge in [-0.3, -0.25) is 4.79 Å². The third kappa shape index (κ3) is 3.96. The van der Waals surface area contributed by atoms with Crippen LogP contribution in [0.1, 0.15) is 50.5 Å². The Bertz CT molecular complexity index is 758. The van der Waals surface area contributed by atoms with Crippen LogP contribution in [0.15, 0.2) is 65.7 Å². The van der Waals surface area contributed by atoms with Gasteiger partial charge in [-0.1, -0.05) is 80.9 Å². The van der Waals surface area contributed by atoms with E-state index in [9.17, 15) is 4.79 Å². The lowest BCUT2D eigenvalue weighted by atomic mass is 9.97. The van der Waals surface area contributed by atoms with Gasteiger partial charge in [-0.25, -0.2) is 4.99 Å². The van der Waals surface area contributed by atoms with Gasteiger partial charge >= 0.3 is 0 Å². The summed E-state index contributed by atoms with van der Waals surface area (Å²) in [5.74, 6) is 0.793. The van der Waals surface area contributed by atoms with E-state index in [1.807, 2.05) is 36.4 Å². The van der Waals surface area contributed by atoms with E-state index in [-0.39, 0.29) is 30.0 Å². The van der Waals surface area contributed by atoms with Crippen molar-refractivity contribution < 1.29 is 9.53 Å². The van der Waals surface area contributed by atoms with Gasteiger partial charge in [-0.15, -0.1) is 0 Å². The molecule has 136 valence electrons. The summed E-state index contributed by atoms with van der Waals surface area (Å²) in [5, 5.41) is 3.02. The average Bonchev–Trinajstić information content (AvgIpc) is 3.12. The summed E-state index contributed by atoms with van der Waals surface area (Å²) < 4.78 is 6.34. The first-order valence-electron chi connectivity index (χ1n) is 9.21. The molecule has 0 saturated carbocycles. The summed E-state index contributed by atoms with van der Waals surface area (Å²) >= 11 is 0. The fourth-order valence-electron chi connectivity index (χ4n) is 3.28. The van der Waals surface area contributed by atoms with Gasteiger partial charge in [0.2, 0.25) is 11.8 Å². The number of carbonyl (C=O) groups is 1. The van der Waals surface area contributed by atoms with Crippen molar-refractivity contribution in [3.63, 3.8) is 0 Å². The topological polar surface area (TPSA) is 50.7 Å². The van der Waals surface area contributed by atoms with E-state index in [0.717, 1.165) is 17.5 Å². The second-order valence-corrected chi connectivity index (χ2v) is 6.84. The van der Waals surface area contributed by atoms with Crippen molar-refractivity contribution in [3.05, 3.63) is 71.8 Å². The number of amides is 1. The van der Waals surface area contributed by atoms with Gasteiger partial charge in [0.1, 0.15) is 12.1 Å². The molecule has 0 fully saturated rings. The van der Waals surface area contributed by atoms with E-state index in [1.54, 1.807) is 0 Å². The molecule has 0 radical (unpaired) electrons. The highest BCUT2D eigenvalue weighted by Gasteiger charge is 2.38. The first-order valence-corrected chi connectivity index (χ1v) is 9.21. The van der Waals surface area contributed by atoms with Crippen molar-refractivity contribution in [3.8, 4) is 0 Å². The number of ether oxygens (including phenoxy) is 1. The Morgan fingerprint density at radius 1 is 1.08 bits per heavy atom. The third-order valence-electron chi connectivity index (χ3n) is 4.91. The zero-order valence-electron chi connectivity index (χ0n) is 15.6. The molecule has 3 rings (SSSR count). The van der Waals surface area contributed by atoms with Crippen LogP contribution in [0.2, 0.25) is 0 Å². The number of nitrogens with zero attached hydrogens (tertiary/aromatic N) is 1. The summed E-state index contributed by atoms with van der Waals surface area (Å²) in [5.41, 5.74) is 2.20. The van der Waals surface area contributed by atoms with Crippen molar-refractivity contribution >= 4 is 11.8 Å². The minimum atomic E-state index is -0.211. The molecular weight excluding hydrogens is 324 g/mol. The van der Waals surface area contributed by atoms with Crippen LogP contribution in [-0.4, -0.2) is 17.8 Å². The fourth-order valence-corrected chi connectivity index (χ4v) is 3.28. The van der Waals surface area contributed by atoms with E-state index >= 15 is 0 Å². The van der Waals surface area contributed by atoms with Crippen LogP contribution >= 0.6 is 0 Å². The van der Waals surface area contributed by atoms with Gasteiger partial charge < -0.3 is 10.1 Å². The second kappa shape index (κ2) is 8.17. The zero-order chi connectivity index (χ0) is 18.5. The smallest absolute Gasteiger partial charge is 0.217 e. The standard InChI is InChI=1S/C22H26N2O2/c1-4-15(2)19(23-16(3)25)22-24-20(17-11-7-5-8-12-17)21(26-22)18-13-9-6-10-14-18/h5-15,19-21H,4H2,1-3H3,(H,23,25)/t15?,19?,20-,21-/m0/s1. The molecule has 2 aromatic carbocycles. The molecular formula is C22H26N2O2. The predicted octanol–water partition coefficient (Wildman–Crippen LogP) is 4.45. The van der Waals surface area contributed by atoms with Crippen LogP contribution in [0.5, 0.6) is 0 Å². The molecule has 0 spiro atoms. The van der Waals surface area contributed by atoms with Crippen molar-refractivity contribution in [2.45, 2.75) is 45.4 Å². The minimum absolute atomic E-state index is 0.0685. The number of aliphatic imine (C=N–C) groups is 1. The molecule has 4 atom stereocenters. The number of nitrogens with one attached hydrogen (secondary N) is 1. The van der Waals surface area contributed by atoms with E-state index in [0.29, 0.717) is 5.90 Å². The first-order chi connectivity index (χ1) is 12.6. The van der Waals surface area contributed by atoms with Crippen LogP contribution in [0.4, 0.5) is 0 Å². The largest absolute Gasteiger partial charge is 0.469 e. The number of benzene rings is 2. The van der Waals surface area contributed by atoms with Crippen molar-refractivity contribution in [1.29, 1.82) is 0 Å². The number of carbonyl (C=O) groups excluding carboxylic acids is 1. The maximum atomic E-state index is 11.7. The fraction of sp³-hybridized carbons (Fsp3) is 0.364. The Kier molecular flexibility index (Phi) is 5.71. The van der Waals surface area contributed by atoms with E-state index in [2.05, 4.69) is 43.4 Å². The van der Waals surface area contributed by atoms with Crippen LogP contribution in [0.25, 0.3) is 0 Å². The quantitative estimate of drug-likeness (QED) is 0.837. The lowest BCUT2D eigenvalue weighted by Crippen LogP contribution is -2.44. The van der Waals surface area contributed by atoms with Crippen LogP contribution in [0.3, 0.4) is 0 Å². The van der Waals surface area contributed by atoms with Gasteiger partial charge in [-0.05, 0) is 17.0 Å². The molecule has 4 nitrogen and oxygen atoms in total. The van der Waals surface area contributed by atoms with Crippen LogP contribution < -0.4 is 5.32 Å². The summed E-state index contributed by atoms with van der Waals surface area (Å²) in [6, 6.07) is 20.0. The monoisotopic (exact) mass is 350 g/mol. The molecule has 26 heavy (non-hydrogen) atoms. The molecule has 0 bridgehead atoms. The lowest BCUT2D eigenvalue weighted by molar-refractivity contribution is -0.119. The second-order valence-electron chi connectivity index (χ2n) is 6.84.